The summed E-state index contributed by atoms with van der Waals surface area (Å²) in [5.74, 6) is -0.226. The summed E-state index contributed by atoms with van der Waals surface area (Å²) in [7, 11) is 0. The third kappa shape index (κ3) is 4.09. The number of carbonyl (C=O) groups excluding carboxylic acids is 2. The molecule has 6 nitrogen and oxygen atoms in total. The number of nitrogens with zero attached hydrogens (tertiary/aromatic N) is 2. The Kier molecular flexibility index (Phi) is 4.63. The molecule has 1 aromatic carbocycles. The largest absolute Gasteiger partial charge is 0.345 e. The van der Waals surface area contributed by atoms with Gasteiger partial charge in [0.05, 0.1) is 12.1 Å². The van der Waals surface area contributed by atoms with Gasteiger partial charge in [-0.25, -0.2) is 0 Å². The molecule has 6 heteroatoms. The van der Waals surface area contributed by atoms with Crippen molar-refractivity contribution in [3.8, 4) is 0 Å². The number of hydrogen-bond donors (Lipinski definition) is 2. The molecule has 0 radical (unpaired) electrons. The standard InChI is InChI=1S/C17H24N4O2/c18-17(6-7-17)16(23)19-12-15(22)21-10-8-20(9-11-21)13-14-4-2-1-3-5-14/h1-5H,6-13,18H2,(H,19,23). The molecule has 0 bridgehead atoms. The van der Waals surface area contributed by atoms with Crippen LogP contribution < -0.4 is 11.1 Å². The zero-order chi connectivity index (χ0) is 16.3. The molecule has 23 heavy (non-hydrogen) atoms. The number of nitrogens with two attached hydrogens (primary N) is 1. The number of carbonyl (C=O) groups is 2. The second-order valence-corrected chi connectivity index (χ2v) is 6.48. The van der Waals surface area contributed by atoms with Crippen molar-refractivity contribution in [2.75, 3.05) is 32.7 Å². The van der Waals surface area contributed by atoms with Crippen LogP contribution in [0, 0.1) is 0 Å². The highest BCUT2D eigenvalue weighted by Gasteiger charge is 2.45. The monoisotopic (exact) mass is 316 g/mol. The van der Waals surface area contributed by atoms with Crippen molar-refractivity contribution in [3.05, 3.63) is 35.9 Å². The zero-order valence-electron chi connectivity index (χ0n) is 13.3. The fraction of sp³-hybridized carbons (Fsp3) is 0.529. The Balaban J connectivity index is 1.40. The number of nitrogens with one attached hydrogen (secondary N) is 1. The lowest BCUT2D eigenvalue weighted by Gasteiger charge is -2.34. The summed E-state index contributed by atoms with van der Waals surface area (Å²) in [4.78, 5) is 28.1. The maximum Gasteiger partial charge on any atom is 0.242 e. The molecule has 1 heterocycles. The Morgan fingerprint density at radius 3 is 2.35 bits per heavy atom. The Morgan fingerprint density at radius 1 is 1.09 bits per heavy atom. The van der Waals surface area contributed by atoms with Gasteiger partial charge < -0.3 is 16.0 Å². The molecule has 3 rings (SSSR count). The SMILES string of the molecule is NC1(C(=O)NCC(=O)N2CCN(Cc3ccccc3)CC2)CC1. The summed E-state index contributed by atoms with van der Waals surface area (Å²) in [6.07, 6.45) is 1.43. The van der Waals surface area contributed by atoms with Crippen LogP contribution in [0.3, 0.4) is 0 Å². The molecule has 1 saturated carbocycles. The lowest BCUT2D eigenvalue weighted by Crippen LogP contribution is -2.52. The number of benzene rings is 1. The minimum atomic E-state index is -0.714. The van der Waals surface area contributed by atoms with E-state index in [9.17, 15) is 9.59 Å². The van der Waals surface area contributed by atoms with Crippen LogP contribution in [-0.4, -0.2) is 59.9 Å². The molecule has 0 atom stereocenters. The van der Waals surface area contributed by atoms with Gasteiger partial charge in [-0.1, -0.05) is 30.3 Å². The molecule has 2 amide bonds. The minimum Gasteiger partial charge on any atom is -0.345 e. The summed E-state index contributed by atoms with van der Waals surface area (Å²) < 4.78 is 0. The van der Waals surface area contributed by atoms with Crippen molar-refractivity contribution in [2.45, 2.75) is 24.9 Å². The van der Waals surface area contributed by atoms with Crippen molar-refractivity contribution >= 4 is 11.8 Å². The maximum atomic E-state index is 12.2. The molecular weight excluding hydrogens is 292 g/mol. The molecule has 3 N–H and O–H groups in total. The highest BCUT2D eigenvalue weighted by Crippen LogP contribution is 2.31. The number of hydrogen-bond acceptors (Lipinski definition) is 4. The van der Waals surface area contributed by atoms with E-state index < -0.39 is 5.54 Å². The molecule has 2 aliphatic rings. The second kappa shape index (κ2) is 6.68. The highest BCUT2D eigenvalue weighted by atomic mass is 16.2. The molecule has 1 aromatic rings. The molecule has 0 unspecified atom stereocenters. The lowest BCUT2D eigenvalue weighted by molar-refractivity contribution is -0.134. The van der Waals surface area contributed by atoms with Crippen molar-refractivity contribution in [1.29, 1.82) is 0 Å². The summed E-state index contributed by atoms with van der Waals surface area (Å²) in [5.41, 5.74) is 6.38. The van der Waals surface area contributed by atoms with Gasteiger partial charge in [-0.2, -0.15) is 0 Å². The van der Waals surface area contributed by atoms with Gasteiger partial charge in [-0.05, 0) is 18.4 Å². The first-order valence-electron chi connectivity index (χ1n) is 8.18. The Bertz CT molecular complexity index is 563. The van der Waals surface area contributed by atoms with Crippen molar-refractivity contribution in [1.82, 2.24) is 15.1 Å². The molecule has 1 aliphatic heterocycles. The minimum absolute atomic E-state index is 0.0260. The highest BCUT2D eigenvalue weighted by molar-refractivity contribution is 5.92. The molecule has 0 spiro atoms. The van der Waals surface area contributed by atoms with E-state index in [4.69, 9.17) is 5.73 Å². The molecule has 1 aliphatic carbocycles. The predicted molar refractivity (Wildman–Crippen MR) is 87.5 cm³/mol. The molecule has 2 fully saturated rings. The quantitative estimate of drug-likeness (QED) is 0.798. The zero-order valence-corrected chi connectivity index (χ0v) is 13.3. The maximum absolute atomic E-state index is 12.2. The van der Waals surface area contributed by atoms with E-state index in [1.165, 1.54) is 5.56 Å². The first-order valence-corrected chi connectivity index (χ1v) is 8.18. The Morgan fingerprint density at radius 2 is 1.74 bits per heavy atom. The van der Waals surface area contributed by atoms with Crippen molar-refractivity contribution in [3.63, 3.8) is 0 Å². The van der Waals surface area contributed by atoms with E-state index in [-0.39, 0.29) is 18.4 Å². The number of piperazine rings is 1. The van der Waals surface area contributed by atoms with Crippen LogP contribution in [0.2, 0.25) is 0 Å². The van der Waals surface area contributed by atoms with E-state index in [0.717, 1.165) is 19.6 Å². The Labute approximate surface area is 136 Å². The van der Waals surface area contributed by atoms with Gasteiger partial charge in [0.2, 0.25) is 11.8 Å². The average Bonchev–Trinajstić information content (AvgIpc) is 3.33. The fourth-order valence-electron chi connectivity index (χ4n) is 2.80. The topological polar surface area (TPSA) is 78.7 Å². The smallest absolute Gasteiger partial charge is 0.242 e. The second-order valence-electron chi connectivity index (χ2n) is 6.48. The molecular formula is C17H24N4O2. The third-order valence-corrected chi connectivity index (χ3v) is 4.62. The van der Waals surface area contributed by atoms with Crippen LogP contribution in [-0.2, 0) is 16.1 Å². The lowest BCUT2D eigenvalue weighted by atomic mass is 10.2. The van der Waals surface area contributed by atoms with E-state index in [1.54, 1.807) is 0 Å². The van der Waals surface area contributed by atoms with E-state index >= 15 is 0 Å². The normalized spacial score (nSPS) is 20.1. The van der Waals surface area contributed by atoms with Gasteiger partial charge in [0.1, 0.15) is 0 Å². The van der Waals surface area contributed by atoms with E-state index in [2.05, 4.69) is 22.3 Å². The first-order chi connectivity index (χ1) is 11.1. The van der Waals surface area contributed by atoms with Crippen LogP contribution in [0.15, 0.2) is 30.3 Å². The van der Waals surface area contributed by atoms with Crippen molar-refractivity contribution in [2.24, 2.45) is 5.73 Å². The van der Waals surface area contributed by atoms with Crippen LogP contribution in [0.25, 0.3) is 0 Å². The summed E-state index contributed by atoms with van der Waals surface area (Å²) in [6, 6.07) is 10.3. The summed E-state index contributed by atoms with van der Waals surface area (Å²) in [6.45, 7) is 4.08. The van der Waals surface area contributed by atoms with E-state index in [1.807, 2.05) is 23.1 Å². The van der Waals surface area contributed by atoms with E-state index in [0.29, 0.717) is 25.9 Å². The van der Waals surface area contributed by atoms with Crippen molar-refractivity contribution < 1.29 is 9.59 Å². The van der Waals surface area contributed by atoms with Gasteiger partial charge >= 0.3 is 0 Å². The van der Waals surface area contributed by atoms with Crippen LogP contribution in [0.1, 0.15) is 18.4 Å². The summed E-state index contributed by atoms with van der Waals surface area (Å²) in [5, 5.41) is 2.66. The van der Waals surface area contributed by atoms with Gasteiger partial charge in [-0.3, -0.25) is 14.5 Å². The molecule has 0 aromatic heterocycles. The average molecular weight is 316 g/mol. The van der Waals surface area contributed by atoms with Gasteiger partial charge in [0.15, 0.2) is 0 Å². The van der Waals surface area contributed by atoms with Gasteiger partial charge in [0, 0.05) is 32.7 Å². The molecule has 1 saturated heterocycles. The number of amides is 2. The fourth-order valence-corrected chi connectivity index (χ4v) is 2.80. The van der Waals surface area contributed by atoms with Crippen LogP contribution >= 0.6 is 0 Å². The Hall–Kier alpha value is -1.92. The van der Waals surface area contributed by atoms with Crippen LogP contribution in [0.4, 0.5) is 0 Å². The first kappa shape index (κ1) is 16.0. The van der Waals surface area contributed by atoms with Crippen LogP contribution in [0.5, 0.6) is 0 Å². The van der Waals surface area contributed by atoms with Gasteiger partial charge in [0.25, 0.3) is 0 Å². The predicted octanol–water partition coefficient (Wildman–Crippen LogP) is -0.0617. The summed E-state index contributed by atoms with van der Waals surface area (Å²) >= 11 is 0. The molecule has 124 valence electrons. The third-order valence-electron chi connectivity index (χ3n) is 4.62. The van der Waals surface area contributed by atoms with Gasteiger partial charge in [-0.15, -0.1) is 0 Å². The number of rotatable bonds is 5.